The molecule has 4 radical (unpaired) electrons. The minimum absolute atomic E-state index is 0. The summed E-state index contributed by atoms with van der Waals surface area (Å²) in [6, 6.07) is 101. The Labute approximate surface area is 699 Å². The molecule has 109 heavy (non-hydrogen) atoms. The van der Waals surface area contributed by atoms with Crippen molar-refractivity contribution in [2.24, 2.45) is 0 Å². The fourth-order valence-corrected chi connectivity index (χ4v) is 22.5. The molecule has 0 saturated carbocycles. The third-order valence-electron chi connectivity index (χ3n) is 19.5. The van der Waals surface area contributed by atoms with E-state index in [-0.39, 0.29) is 80.4 Å². The van der Waals surface area contributed by atoms with Crippen LogP contribution in [-0.4, -0.2) is 80.1 Å². The van der Waals surface area contributed by atoms with Gasteiger partial charge in [-0.05, 0) is 78.3 Å². The Morgan fingerprint density at radius 1 is 0.367 bits per heavy atom. The van der Waals surface area contributed by atoms with Crippen molar-refractivity contribution in [1.82, 2.24) is 39.1 Å². The standard InChI is InChI=1S/C23H17N2OSe.C22H15N2O2S.C22H15N2OS.C22H15N2Se.4Ir/c1-15-23(16(2)25(24-15)18-8-4-3-5-9-18)17-12-13-22-20(14-17)19-10-6-7-11-21(19)27(22)26;1-15-20(14-23-24(15)17-7-3-2-4-8-17)16-11-12-22-19(13-16)18-9-5-6-10-21(18)27(22,25)26;1-15-20(14-23-24(15)17-7-3-2-4-8-17)16-11-12-22-19(13-16)18-9-5-6-10-21(18)26(22)25;1-15-20(14-23-24(15)17-7-3-2-4-8-17)16-11-12-22-19(13-16)18-9-5-6-10-21(18)25-22;;;;/h3-8,10-14H,1-2H3;2-7,9-14H,1H3;2-7,9-14H,1H3;2-7,9-14H,1H3;;;;/q4*-1;;;;. The van der Waals surface area contributed by atoms with Gasteiger partial charge in [0.05, 0.1) is 42.8 Å². The Bertz CT molecular complexity index is 6440. The molecule has 0 amide bonds. The van der Waals surface area contributed by atoms with E-state index in [0.29, 0.717) is 24.3 Å². The van der Waals surface area contributed by atoms with Gasteiger partial charge < -0.3 is 0 Å². The molecule has 0 N–H and O–H groups in total. The van der Waals surface area contributed by atoms with Gasteiger partial charge in [0, 0.05) is 120 Å². The zero-order valence-electron chi connectivity index (χ0n) is 58.8. The second-order valence-electron chi connectivity index (χ2n) is 25.6. The maximum atomic E-state index is 12.8. The minimum atomic E-state index is -3.44. The van der Waals surface area contributed by atoms with Crippen molar-refractivity contribution in [2.75, 3.05) is 0 Å². The quantitative estimate of drug-likeness (QED) is 0.108. The number of sulfone groups is 1. The van der Waals surface area contributed by atoms with Crippen LogP contribution in [0.3, 0.4) is 0 Å². The molecule has 20 heteroatoms. The number of hydrogen-bond acceptors (Lipinski definition) is 8. The summed E-state index contributed by atoms with van der Waals surface area (Å²) in [6.45, 7) is 10.3. The van der Waals surface area contributed by atoms with Crippen LogP contribution in [-0.2, 0) is 105 Å². The molecular weight excluding hydrogens is 2240 g/mol. The number of hydrogen-bond donors (Lipinski definition) is 0. The van der Waals surface area contributed by atoms with Crippen LogP contribution in [0.25, 0.3) is 120 Å². The molecule has 546 valence electrons. The van der Waals surface area contributed by atoms with Crippen molar-refractivity contribution in [3.8, 4) is 101 Å². The summed E-state index contributed by atoms with van der Waals surface area (Å²) in [7, 11) is -4.53. The summed E-state index contributed by atoms with van der Waals surface area (Å²) in [6.07, 6.45) is 5.66. The maximum absolute atomic E-state index is 12.8. The van der Waals surface area contributed by atoms with E-state index in [4.69, 9.17) is 5.10 Å². The summed E-state index contributed by atoms with van der Waals surface area (Å²) >= 11 is -1.73. The smallest absolute Gasteiger partial charge is 0 e. The predicted molar refractivity (Wildman–Crippen MR) is 419 cm³/mol. The molecular formula is C89H62Ir4N8O4S2Se2-4. The number of fused-ring (bicyclic) bond motifs is 12. The molecule has 2 atom stereocenters. The summed E-state index contributed by atoms with van der Waals surface area (Å²) in [5.41, 5.74) is 23.5. The molecule has 20 rings (SSSR count). The van der Waals surface area contributed by atoms with Crippen LogP contribution in [0.4, 0.5) is 0 Å². The largest absolute Gasteiger partial charge is 0 e. The first-order valence-corrected chi connectivity index (χ1v) is 40.8. The van der Waals surface area contributed by atoms with Crippen molar-refractivity contribution in [1.29, 1.82) is 0 Å². The molecule has 0 spiro atoms. The van der Waals surface area contributed by atoms with Gasteiger partial charge in [-0.1, -0.05) is 48.5 Å². The zero-order valence-corrected chi connectivity index (χ0v) is 73.5. The summed E-state index contributed by atoms with van der Waals surface area (Å²) in [5, 5.41) is 21.1. The third-order valence-corrected chi connectivity index (χ3v) is 28.4. The summed E-state index contributed by atoms with van der Waals surface area (Å²) in [5.74, 6) is 0. The average Bonchev–Trinajstić information content (AvgIpc) is 1.59. The fourth-order valence-electron chi connectivity index (χ4n) is 14.3. The normalized spacial score (nSPS) is 13.3. The molecule has 3 aliphatic heterocycles. The van der Waals surface area contributed by atoms with Crippen LogP contribution in [0, 0.1) is 58.9 Å². The number of benzene rings is 12. The van der Waals surface area contributed by atoms with Crippen molar-refractivity contribution in [2.45, 2.75) is 54.2 Å². The van der Waals surface area contributed by atoms with Crippen LogP contribution in [0.1, 0.15) is 28.5 Å². The van der Waals surface area contributed by atoms with E-state index >= 15 is 0 Å². The van der Waals surface area contributed by atoms with Crippen LogP contribution < -0.4 is 8.92 Å². The maximum Gasteiger partial charge on any atom is 0 e. The second kappa shape index (κ2) is 32.9. The average molecular weight is 2300 g/mol. The van der Waals surface area contributed by atoms with E-state index in [0.717, 1.165) is 137 Å². The zero-order chi connectivity index (χ0) is 71.6. The number of aromatic nitrogens is 8. The predicted octanol–water partition coefficient (Wildman–Crippen LogP) is 17.7. The van der Waals surface area contributed by atoms with Gasteiger partial charge in [-0.25, -0.2) is 12.6 Å². The van der Waals surface area contributed by atoms with Gasteiger partial charge in [-0.2, -0.15) is 58.7 Å². The Kier molecular flexibility index (Phi) is 23.6. The van der Waals surface area contributed by atoms with E-state index in [1.54, 1.807) is 18.2 Å². The van der Waals surface area contributed by atoms with Crippen molar-refractivity contribution in [3.63, 3.8) is 0 Å². The van der Waals surface area contributed by atoms with Gasteiger partial charge in [0.15, 0.2) is 0 Å². The van der Waals surface area contributed by atoms with Crippen molar-refractivity contribution in [3.05, 3.63) is 338 Å². The summed E-state index contributed by atoms with van der Waals surface area (Å²) < 4.78 is 63.6. The number of nitrogens with zero attached hydrogens (tertiary/aromatic N) is 8. The first kappa shape index (κ1) is 78.1. The van der Waals surface area contributed by atoms with E-state index in [9.17, 15) is 16.5 Å². The molecule has 3 aliphatic rings. The van der Waals surface area contributed by atoms with Crippen LogP contribution in [0.15, 0.2) is 305 Å². The van der Waals surface area contributed by atoms with Gasteiger partial charge in [0.1, 0.15) is 0 Å². The first-order chi connectivity index (χ1) is 51.3. The monoisotopic (exact) mass is 2300 g/mol. The SMILES string of the molecule is Cc1c(-c2ccc3[se]c4ccccc4c3c2)cnn1-c1[c-]cccc1.Cc1c(-c2ccc3c(c2)-c2ccccc2S3(=O)=O)cnn1-c1[c-]cccc1.Cc1c(-c2ccc3c(c2)-c2ccccc2S3=O)cnn1-c1[c-]cccc1.Cc1nn(-c2[c-]cccc2)c(C)c1-c1ccc2c(c1)-c1ccccc1[Se]2=O.[Ir].[Ir].[Ir].[Ir]. The molecule has 0 bridgehead atoms. The Hall–Kier alpha value is -8.98. The molecule has 12 nitrogen and oxygen atoms in total. The molecule has 0 saturated heterocycles. The number of aryl methyl sites for hydroxylation is 1. The Morgan fingerprint density at radius 2 is 0.798 bits per heavy atom. The molecule has 0 fully saturated rings. The van der Waals surface area contributed by atoms with Gasteiger partial charge >= 0.3 is 314 Å². The summed E-state index contributed by atoms with van der Waals surface area (Å²) in [4.78, 5) is 2.53. The van der Waals surface area contributed by atoms with E-state index in [1.807, 2.05) is 233 Å². The number of para-hydroxylation sites is 4. The molecule has 8 heterocycles. The van der Waals surface area contributed by atoms with E-state index in [1.165, 1.54) is 30.4 Å². The van der Waals surface area contributed by atoms with Crippen molar-refractivity contribution < 1.29 is 96.9 Å². The van der Waals surface area contributed by atoms with Crippen LogP contribution >= 0.6 is 0 Å². The van der Waals surface area contributed by atoms with Gasteiger partial charge in [-0.3, -0.25) is 9.36 Å². The topological polar surface area (TPSA) is 140 Å². The van der Waals surface area contributed by atoms with E-state index in [2.05, 4.69) is 127 Å². The van der Waals surface area contributed by atoms with Gasteiger partial charge in [0.2, 0.25) is 9.84 Å². The number of rotatable bonds is 8. The second-order valence-corrected chi connectivity index (χ2v) is 34.1. The molecule has 12 aromatic carbocycles. The van der Waals surface area contributed by atoms with Gasteiger partial charge in [0.25, 0.3) is 0 Å². The van der Waals surface area contributed by atoms with Crippen LogP contribution in [0.2, 0.25) is 0 Å². The fraction of sp³-hybridized carbons (Fsp3) is 0.0562. The molecule has 2 unspecified atom stereocenters. The van der Waals surface area contributed by atoms with E-state index < -0.39 is 34.5 Å². The Balaban J connectivity index is 0.000000126. The Morgan fingerprint density at radius 3 is 1.39 bits per heavy atom. The third kappa shape index (κ3) is 14.4. The molecule has 0 aliphatic carbocycles. The van der Waals surface area contributed by atoms with Crippen LogP contribution in [0.5, 0.6) is 0 Å². The molecule has 5 aromatic heterocycles. The molecule has 17 aromatic rings. The van der Waals surface area contributed by atoms with Gasteiger partial charge in [-0.15, -0.1) is 12.1 Å². The first-order valence-electron chi connectivity index (χ1n) is 34.1. The minimum Gasteiger partial charge on any atom is 0 e. The van der Waals surface area contributed by atoms with Crippen molar-refractivity contribution >= 4 is 77.2 Å².